The Morgan fingerprint density at radius 1 is 1.40 bits per heavy atom. The first-order chi connectivity index (χ1) is 9.38. The predicted molar refractivity (Wildman–Crippen MR) is 70.4 cm³/mol. The van der Waals surface area contributed by atoms with Gasteiger partial charge in [0.2, 0.25) is 0 Å². The highest BCUT2D eigenvalue weighted by Crippen LogP contribution is 2.31. The highest BCUT2D eigenvalue weighted by Gasteiger charge is 2.32. The third-order valence-corrected chi connectivity index (χ3v) is 2.98. The predicted octanol–water partition coefficient (Wildman–Crippen LogP) is 2.71. The molecule has 4 nitrogen and oxygen atoms in total. The number of hydrogen-bond donors (Lipinski definition) is 3. The Morgan fingerprint density at radius 3 is 2.60 bits per heavy atom. The number of amidine groups is 1. The van der Waals surface area contributed by atoms with Crippen molar-refractivity contribution in [2.45, 2.75) is 38.5 Å². The maximum absolute atomic E-state index is 12.8. The summed E-state index contributed by atoms with van der Waals surface area (Å²) in [5.41, 5.74) is 4.93. The molecule has 0 aliphatic heterocycles. The number of oxime groups is 1. The first-order valence-corrected chi connectivity index (χ1v) is 6.23. The van der Waals surface area contributed by atoms with Crippen LogP contribution in [0.25, 0.3) is 0 Å². The van der Waals surface area contributed by atoms with E-state index in [1.165, 1.54) is 12.1 Å². The number of rotatable bonds is 6. The third-order valence-electron chi connectivity index (χ3n) is 2.98. The molecule has 0 heterocycles. The van der Waals surface area contributed by atoms with Crippen LogP contribution in [0.5, 0.6) is 0 Å². The summed E-state index contributed by atoms with van der Waals surface area (Å²) in [6.45, 7) is 1.95. The number of nitrogens with one attached hydrogen (secondary N) is 1. The van der Waals surface area contributed by atoms with E-state index in [1.807, 2.05) is 6.92 Å². The van der Waals surface area contributed by atoms with Gasteiger partial charge in [0.1, 0.15) is 5.84 Å². The second kappa shape index (κ2) is 7.14. The molecule has 7 heteroatoms. The Balaban J connectivity index is 2.74. The van der Waals surface area contributed by atoms with E-state index in [2.05, 4.69) is 10.5 Å². The first kappa shape index (κ1) is 16.3. The molecule has 0 aliphatic carbocycles. The average Bonchev–Trinajstić information content (AvgIpc) is 2.42. The molecule has 20 heavy (non-hydrogen) atoms. The van der Waals surface area contributed by atoms with E-state index in [0.29, 0.717) is 6.42 Å². The normalized spacial score (nSPS) is 14.3. The molecule has 0 saturated carbocycles. The Labute approximate surface area is 115 Å². The van der Waals surface area contributed by atoms with Crippen LogP contribution in [-0.2, 0) is 12.7 Å². The van der Waals surface area contributed by atoms with Gasteiger partial charge in [-0.3, -0.25) is 0 Å². The van der Waals surface area contributed by atoms with Gasteiger partial charge in [-0.05, 0) is 18.1 Å². The van der Waals surface area contributed by atoms with Crippen molar-refractivity contribution in [3.63, 3.8) is 0 Å². The summed E-state index contributed by atoms with van der Waals surface area (Å²) in [6, 6.07) is 5.27. The van der Waals surface area contributed by atoms with Crippen LogP contribution in [0.4, 0.5) is 13.2 Å². The van der Waals surface area contributed by atoms with Crippen molar-refractivity contribution in [1.82, 2.24) is 5.32 Å². The average molecular weight is 289 g/mol. The first-order valence-electron chi connectivity index (χ1n) is 6.23. The summed E-state index contributed by atoms with van der Waals surface area (Å²) < 4.78 is 38.5. The van der Waals surface area contributed by atoms with Gasteiger partial charge < -0.3 is 16.3 Å². The van der Waals surface area contributed by atoms with Crippen LogP contribution >= 0.6 is 0 Å². The maximum atomic E-state index is 12.8. The Hall–Kier alpha value is -1.76. The molecule has 4 N–H and O–H groups in total. The van der Waals surface area contributed by atoms with Crippen LogP contribution in [0.15, 0.2) is 29.4 Å². The molecule has 0 aromatic heterocycles. The standard InChI is InChI=1S/C13H18F3N3O/c1-2-10(7-12(17)19-20)18-8-9-5-3-4-6-11(9)13(14,15)16/h3-6,10,18,20H,2,7-8H2,1H3,(H2,17,19). The lowest BCUT2D eigenvalue weighted by molar-refractivity contribution is -0.138. The second-order valence-electron chi connectivity index (χ2n) is 4.44. The molecule has 1 aromatic rings. The smallest absolute Gasteiger partial charge is 0.409 e. The molecule has 1 unspecified atom stereocenters. The van der Waals surface area contributed by atoms with E-state index < -0.39 is 11.7 Å². The molecule has 0 radical (unpaired) electrons. The molecule has 0 spiro atoms. The second-order valence-corrected chi connectivity index (χ2v) is 4.44. The zero-order valence-electron chi connectivity index (χ0n) is 11.1. The van der Waals surface area contributed by atoms with Crippen molar-refractivity contribution in [3.05, 3.63) is 35.4 Å². The van der Waals surface area contributed by atoms with Crippen molar-refractivity contribution < 1.29 is 18.4 Å². The third kappa shape index (κ3) is 4.73. The molecule has 1 aromatic carbocycles. The van der Waals surface area contributed by atoms with Gasteiger partial charge in [0.25, 0.3) is 0 Å². The summed E-state index contributed by atoms with van der Waals surface area (Å²) in [5, 5.41) is 14.4. The minimum absolute atomic E-state index is 0.0495. The SMILES string of the molecule is CCC(CC(N)=NO)NCc1ccccc1C(F)(F)F. The fraction of sp³-hybridized carbons (Fsp3) is 0.462. The van der Waals surface area contributed by atoms with Crippen LogP contribution in [0, 0.1) is 0 Å². The lowest BCUT2D eigenvalue weighted by atomic mass is 10.1. The van der Waals surface area contributed by atoms with Gasteiger partial charge >= 0.3 is 6.18 Å². The molecule has 0 aliphatic rings. The summed E-state index contributed by atoms with van der Waals surface area (Å²) >= 11 is 0. The minimum atomic E-state index is -4.37. The van der Waals surface area contributed by atoms with Crippen molar-refractivity contribution >= 4 is 5.84 Å². The molecule has 0 fully saturated rings. The number of benzene rings is 1. The van der Waals surface area contributed by atoms with Gasteiger partial charge in [0.05, 0.1) is 5.56 Å². The monoisotopic (exact) mass is 289 g/mol. The molecule has 0 bridgehead atoms. The zero-order chi connectivity index (χ0) is 15.2. The van der Waals surface area contributed by atoms with Crippen LogP contribution in [0.2, 0.25) is 0 Å². The fourth-order valence-electron chi connectivity index (χ4n) is 1.86. The fourth-order valence-corrected chi connectivity index (χ4v) is 1.86. The molecular formula is C13H18F3N3O. The van der Waals surface area contributed by atoms with Gasteiger partial charge in [-0.25, -0.2) is 0 Å². The van der Waals surface area contributed by atoms with Gasteiger partial charge in [-0.15, -0.1) is 0 Å². The number of hydrogen-bond acceptors (Lipinski definition) is 3. The highest BCUT2D eigenvalue weighted by molar-refractivity contribution is 5.80. The number of halogens is 3. The van der Waals surface area contributed by atoms with Crippen molar-refractivity contribution in [3.8, 4) is 0 Å². The topological polar surface area (TPSA) is 70.6 Å². The van der Waals surface area contributed by atoms with E-state index in [0.717, 1.165) is 6.07 Å². The van der Waals surface area contributed by atoms with Gasteiger partial charge in [0.15, 0.2) is 0 Å². The van der Waals surface area contributed by atoms with E-state index in [-0.39, 0.29) is 30.4 Å². The van der Waals surface area contributed by atoms with E-state index in [1.54, 1.807) is 6.07 Å². The number of alkyl halides is 3. The van der Waals surface area contributed by atoms with E-state index in [4.69, 9.17) is 10.9 Å². The van der Waals surface area contributed by atoms with Gasteiger partial charge in [-0.1, -0.05) is 30.3 Å². The molecule has 0 amide bonds. The van der Waals surface area contributed by atoms with E-state index >= 15 is 0 Å². The van der Waals surface area contributed by atoms with Crippen molar-refractivity contribution in [2.24, 2.45) is 10.9 Å². The van der Waals surface area contributed by atoms with Gasteiger partial charge in [0, 0.05) is 19.0 Å². The van der Waals surface area contributed by atoms with E-state index in [9.17, 15) is 13.2 Å². The Kier molecular flexibility index (Phi) is 5.82. The number of nitrogens with zero attached hydrogens (tertiary/aromatic N) is 1. The lowest BCUT2D eigenvalue weighted by Crippen LogP contribution is -2.33. The lowest BCUT2D eigenvalue weighted by Gasteiger charge is -2.18. The summed E-state index contributed by atoms with van der Waals surface area (Å²) in [6.07, 6.45) is -3.43. The van der Waals surface area contributed by atoms with Crippen molar-refractivity contribution in [1.29, 1.82) is 0 Å². The highest BCUT2D eigenvalue weighted by atomic mass is 19.4. The molecule has 1 rings (SSSR count). The largest absolute Gasteiger partial charge is 0.416 e. The zero-order valence-corrected chi connectivity index (χ0v) is 11.1. The Morgan fingerprint density at radius 2 is 2.05 bits per heavy atom. The maximum Gasteiger partial charge on any atom is 0.416 e. The van der Waals surface area contributed by atoms with Crippen LogP contribution in [0.1, 0.15) is 30.9 Å². The molecule has 1 atom stereocenters. The number of nitrogens with two attached hydrogens (primary N) is 1. The molecular weight excluding hydrogens is 271 g/mol. The van der Waals surface area contributed by atoms with Crippen LogP contribution in [0.3, 0.4) is 0 Å². The Bertz CT molecular complexity index is 460. The van der Waals surface area contributed by atoms with Crippen LogP contribution in [-0.4, -0.2) is 17.1 Å². The van der Waals surface area contributed by atoms with Crippen LogP contribution < -0.4 is 11.1 Å². The summed E-state index contributed by atoms with van der Waals surface area (Å²) in [7, 11) is 0. The summed E-state index contributed by atoms with van der Waals surface area (Å²) in [5.74, 6) is 0.0495. The summed E-state index contributed by atoms with van der Waals surface area (Å²) in [4.78, 5) is 0. The quantitative estimate of drug-likeness (QED) is 0.326. The van der Waals surface area contributed by atoms with Crippen molar-refractivity contribution in [2.75, 3.05) is 0 Å². The molecule has 0 saturated heterocycles. The van der Waals surface area contributed by atoms with Gasteiger partial charge in [-0.2, -0.15) is 13.2 Å². The molecule has 112 valence electrons. The minimum Gasteiger partial charge on any atom is -0.409 e.